The number of hydrogen-bond acceptors (Lipinski definition) is 2. The van der Waals surface area contributed by atoms with Crippen molar-refractivity contribution in [3.05, 3.63) is 35.4 Å². The number of likely N-dealkylation sites (N-methyl/N-ethyl adjacent to an activating group) is 1. The first-order chi connectivity index (χ1) is 8.00. The van der Waals surface area contributed by atoms with Crippen LogP contribution in [0, 0.1) is 6.92 Å². The molecular weight excluding hydrogens is 210 g/mol. The number of hydrogen-bond donors (Lipinski definition) is 1. The number of rotatable bonds is 6. The van der Waals surface area contributed by atoms with E-state index in [2.05, 4.69) is 43.1 Å². The first kappa shape index (κ1) is 14.2. The Bertz CT molecular complexity index is 345. The minimum absolute atomic E-state index is 0.544. The van der Waals surface area contributed by atoms with Crippen LogP contribution >= 0.6 is 0 Å². The van der Waals surface area contributed by atoms with E-state index >= 15 is 0 Å². The van der Waals surface area contributed by atoms with Crippen LogP contribution < -0.4 is 0 Å². The summed E-state index contributed by atoms with van der Waals surface area (Å²) in [6, 6.07) is 8.42. The van der Waals surface area contributed by atoms with Gasteiger partial charge in [0.1, 0.15) is 0 Å². The highest BCUT2D eigenvalue weighted by Gasteiger charge is 2.23. The van der Waals surface area contributed by atoms with Crippen LogP contribution in [0.3, 0.4) is 0 Å². The van der Waals surface area contributed by atoms with Crippen molar-refractivity contribution in [2.45, 2.75) is 45.8 Å². The minimum atomic E-state index is -0.544. The van der Waals surface area contributed by atoms with Gasteiger partial charge in [-0.05, 0) is 37.9 Å². The van der Waals surface area contributed by atoms with Gasteiger partial charge in [-0.3, -0.25) is 4.90 Å². The molecule has 1 aromatic carbocycles. The van der Waals surface area contributed by atoms with Gasteiger partial charge in [0.2, 0.25) is 0 Å². The molecule has 96 valence electrons. The SMILES string of the molecule is CCC(O)(CC)CN(C)Cc1ccccc1C. The average molecular weight is 235 g/mol. The van der Waals surface area contributed by atoms with E-state index in [1.807, 2.05) is 13.8 Å². The van der Waals surface area contributed by atoms with Crippen molar-refractivity contribution in [1.82, 2.24) is 4.90 Å². The molecule has 0 aliphatic rings. The standard InChI is InChI=1S/C15H25NO/c1-5-15(17,6-2)12-16(4)11-14-10-8-7-9-13(14)3/h7-10,17H,5-6,11-12H2,1-4H3. The molecule has 0 unspecified atom stereocenters. The van der Waals surface area contributed by atoms with Gasteiger partial charge in [-0.15, -0.1) is 0 Å². The fourth-order valence-electron chi connectivity index (χ4n) is 2.11. The molecule has 0 radical (unpaired) electrons. The molecule has 0 heterocycles. The Morgan fingerprint density at radius 1 is 1.18 bits per heavy atom. The van der Waals surface area contributed by atoms with Crippen LogP contribution in [0.25, 0.3) is 0 Å². The highest BCUT2D eigenvalue weighted by molar-refractivity contribution is 5.25. The lowest BCUT2D eigenvalue weighted by molar-refractivity contribution is 0.00127. The van der Waals surface area contributed by atoms with E-state index in [0.717, 1.165) is 25.9 Å². The highest BCUT2D eigenvalue weighted by Crippen LogP contribution is 2.17. The van der Waals surface area contributed by atoms with Gasteiger partial charge in [0, 0.05) is 13.1 Å². The third-order valence-corrected chi connectivity index (χ3v) is 3.58. The first-order valence-electron chi connectivity index (χ1n) is 6.46. The molecule has 0 amide bonds. The minimum Gasteiger partial charge on any atom is -0.389 e. The van der Waals surface area contributed by atoms with Crippen molar-refractivity contribution in [3.8, 4) is 0 Å². The van der Waals surface area contributed by atoms with Crippen LogP contribution in [0.4, 0.5) is 0 Å². The monoisotopic (exact) mass is 235 g/mol. The van der Waals surface area contributed by atoms with Gasteiger partial charge in [-0.2, -0.15) is 0 Å². The van der Waals surface area contributed by atoms with Gasteiger partial charge >= 0.3 is 0 Å². The molecule has 0 spiro atoms. The molecule has 17 heavy (non-hydrogen) atoms. The largest absolute Gasteiger partial charge is 0.389 e. The topological polar surface area (TPSA) is 23.5 Å². The van der Waals surface area contributed by atoms with Crippen molar-refractivity contribution < 1.29 is 5.11 Å². The summed E-state index contributed by atoms with van der Waals surface area (Å²) in [4.78, 5) is 2.20. The van der Waals surface area contributed by atoms with E-state index < -0.39 is 5.60 Å². The summed E-state index contributed by atoms with van der Waals surface area (Å²) < 4.78 is 0. The quantitative estimate of drug-likeness (QED) is 0.819. The van der Waals surface area contributed by atoms with Crippen LogP contribution in [0.2, 0.25) is 0 Å². The molecule has 0 saturated carbocycles. The molecular formula is C15H25NO. The van der Waals surface area contributed by atoms with Crippen molar-refractivity contribution in [1.29, 1.82) is 0 Å². The van der Waals surface area contributed by atoms with E-state index in [9.17, 15) is 5.11 Å². The van der Waals surface area contributed by atoms with E-state index in [4.69, 9.17) is 0 Å². The fourth-order valence-corrected chi connectivity index (χ4v) is 2.11. The average Bonchev–Trinajstić information content (AvgIpc) is 2.32. The van der Waals surface area contributed by atoms with Crippen molar-refractivity contribution in [2.24, 2.45) is 0 Å². The molecule has 0 bridgehead atoms. The number of benzene rings is 1. The molecule has 0 atom stereocenters. The second-order valence-electron chi connectivity index (χ2n) is 5.03. The predicted octanol–water partition coefficient (Wildman–Crippen LogP) is 2.98. The lowest BCUT2D eigenvalue weighted by Gasteiger charge is -2.31. The summed E-state index contributed by atoms with van der Waals surface area (Å²) in [6.45, 7) is 7.86. The third-order valence-electron chi connectivity index (χ3n) is 3.58. The van der Waals surface area contributed by atoms with Crippen molar-refractivity contribution in [2.75, 3.05) is 13.6 Å². The number of aryl methyl sites for hydroxylation is 1. The molecule has 0 fully saturated rings. The molecule has 1 aromatic rings. The molecule has 0 aliphatic carbocycles. The Kier molecular flexibility index (Phi) is 5.16. The number of nitrogens with zero attached hydrogens (tertiary/aromatic N) is 1. The maximum absolute atomic E-state index is 10.3. The van der Waals surface area contributed by atoms with Crippen LogP contribution in [-0.2, 0) is 6.54 Å². The second-order valence-corrected chi connectivity index (χ2v) is 5.03. The summed E-state index contributed by atoms with van der Waals surface area (Å²) in [5, 5.41) is 10.3. The van der Waals surface area contributed by atoms with E-state index in [0.29, 0.717) is 0 Å². The summed E-state index contributed by atoms with van der Waals surface area (Å²) >= 11 is 0. The maximum atomic E-state index is 10.3. The molecule has 0 aliphatic heterocycles. The van der Waals surface area contributed by atoms with Gasteiger partial charge in [-0.1, -0.05) is 38.1 Å². The fraction of sp³-hybridized carbons (Fsp3) is 0.600. The van der Waals surface area contributed by atoms with Crippen molar-refractivity contribution >= 4 is 0 Å². The summed E-state index contributed by atoms with van der Waals surface area (Å²) in [6.07, 6.45) is 1.61. The Hall–Kier alpha value is -0.860. The van der Waals surface area contributed by atoms with Gasteiger partial charge < -0.3 is 5.11 Å². The Morgan fingerprint density at radius 2 is 1.76 bits per heavy atom. The summed E-state index contributed by atoms with van der Waals surface area (Å²) in [7, 11) is 2.07. The summed E-state index contributed by atoms with van der Waals surface area (Å²) in [5.74, 6) is 0. The van der Waals surface area contributed by atoms with Crippen molar-refractivity contribution in [3.63, 3.8) is 0 Å². The molecule has 2 nitrogen and oxygen atoms in total. The highest BCUT2D eigenvalue weighted by atomic mass is 16.3. The van der Waals surface area contributed by atoms with E-state index in [-0.39, 0.29) is 0 Å². The first-order valence-corrected chi connectivity index (χ1v) is 6.46. The van der Waals surface area contributed by atoms with E-state index in [1.54, 1.807) is 0 Å². The lowest BCUT2D eigenvalue weighted by Crippen LogP contribution is -2.40. The molecule has 0 saturated heterocycles. The summed E-state index contributed by atoms with van der Waals surface area (Å²) in [5.41, 5.74) is 2.11. The smallest absolute Gasteiger partial charge is 0.0768 e. The zero-order valence-corrected chi connectivity index (χ0v) is 11.5. The van der Waals surface area contributed by atoms with Crippen LogP contribution in [0.15, 0.2) is 24.3 Å². The molecule has 0 aromatic heterocycles. The van der Waals surface area contributed by atoms with E-state index in [1.165, 1.54) is 11.1 Å². The van der Waals surface area contributed by atoms with Crippen LogP contribution in [-0.4, -0.2) is 29.2 Å². The lowest BCUT2D eigenvalue weighted by atomic mass is 9.96. The zero-order valence-electron chi connectivity index (χ0n) is 11.5. The molecule has 2 heteroatoms. The predicted molar refractivity (Wildman–Crippen MR) is 73.0 cm³/mol. The Morgan fingerprint density at radius 3 is 2.29 bits per heavy atom. The maximum Gasteiger partial charge on any atom is 0.0768 e. The van der Waals surface area contributed by atoms with Gasteiger partial charge in [-0.25, -0.2) is 0 Å². The van der Waals surface area contributed by atoms with Crippen LogP contribution in [0.1, 0.15) is 37.8 Å². The zero-order chi connectivity index (χ0) is 12.9. The Labute approximate surface area is 105 Å². The van der Waals surface area contributed by atoms with Gasteiger partial charge in [0.15, 0.2) is 0 Å². The van der Waals surface area contributed by atoms with Crippen LogP contribution in [0.5, 0.6) is 0 Å². The Balaban J connectivity index is 2.61. The normalized spacial score (nSPS) is 12.1. The third kappa shape index (κ3) is 4.14. The van der Waals surface area contributed by atoms with Gasteiger partial charge in [0.05, 0.1) is 5.60 Å². The second kappa shape index (κ2) is 6.18. The molecule has 1 N–H and O–H groups in total. The number of aliphatic hydroxyl groups is 1. The van der Waals surface area contributed by atoms with Gasteiger partial charge in [0.25, 0.3) is 0 Å². The molecule has 1 rings (SSSR count).